The molecule has 3 nitrogen and oxygen atoms in total. The monoisotopic (exact) mass is 266 g/mol. The lowest BCUT2D eigenvalue weighted by Gasteiger charge is -2.07. The molecule has 0 bridgehead atoms. The fraction of sp³-hybridized carbons (Fsp3) is 0.118. The highest BCUT2D eigenvalue weighted by molar-refractivity contribution is 5.81. The summed E-state index contributed by atoms with van der Waals surface area (Å²) in [6, 6.07) is 14.7. The van der Waals surface area contributed by atoms with Gasteiger partial charge in [0, 0.05) is 17.7 Å². The van der Waals surface area contributed by atoms with Crippen LogP contribution in [0.2, 0.25) is 0 Å². The predicted molar refractivity (Wildman–Crippen MR) is 79.2 cm³/mol. The van der Waals surface area contributed by atoms with Crippen LogP contribution in [-0.2, 0) is 0 Å². The van der Waals surface area contributed by atoms with Gasteiger partial charge in [-0.05, 0) is 18.6 Å². The molecule has 0 aliphatic carbocycles. The summed E-state index contributed by atoms with van der Waals surface area (Å²) in [5.74, 6) is 1.28. The summed E-state index contributed by atoms with van der Waals surface area (Å²) >= 11 is 0. The minimum atomic E-state index is -0.0455. The summed E-state index contributed by atoms with van der Waals surface area (Å²) in [5, 5.41) is 0.572. The molecule has 1 aromatic heterocycles. The zero-order valence-electron chi connectivity index (χ0n) is 11.3. The molecule has 0 radical (unpaired) electrons. The second-order valence-electron chi connectivity index (χ2n) is 4.66. The van der Waals surface area contributed by atoms with Crippen molar-refractivity contribution in [3.63, 3.8) is 0 Å². The number of methoxy groups -OCH3 is 1. The summed E-state index contributed by atoms with van der Waals surface area (Å²) in [4.78, 5) is 12.2. The Morgan fingerprint density at radius 3 is 2.50 bits per heavy atom. The Morgan fingerprint density at radius 2 is 1.80 bits per heavy atom. The van der Waals surface area contributed by atoms with Crippen molar-refractivity contribution < 1.29 is 9.15 Å². The number of hydrogen-bond donors (Lipinski definition) is 0. The number of rotatable bonds is 2. The molecule has 0 saturated carbocycles. The van der Waals surface area contributed by atoms with Gasteiger partial charge in [-0.2, -0.15) is 0 Å². The second-order valence-corrected chi connectivity index (χ2v) is 4.66. The Bertz CT molecular complexity index is 817. The molecule has 0 N–H and O–H groups in total. The zero-order valence-corrected chi connectivity index (χ0v) is 11.3. The van der Waals surface area contributed by atoms with Crippen molar-refractivity contribution in [1.82, 2.24) is 0 Å². The van der Waals surface area contributed by atoms with E-state index in [-0.39, 0.29) is 5.43 Å². The van der Waals surface area contributed by atoms with Gasteiger partial charge in [0.2, 0.25) is 0 Å². The fourth-order valence-corrected chi connectivity index (χ4v) is 2.26. The van der Waals surface area contributed by atoms with E-state index in [9.17, 15) is 4.79 Å². The van der Waals surface area contributed by atoms with E-state index >= 15 is 0 Å². The van der Waals surface area contributed by atoms with E-state index in [4.69, 9.17) is 9.15 Å². The van der Waals surface area contributed by atoms with Crippen molar-refractivity contribution in [1.29, 1.82) is 0 Å². The summed E-state index contributed by atoms with van der Waals surface area (Å²) in [7, 11) is 1.60. The minimum absolute atomic E-state index is 0.0455. The number of fused-ring (bicyclic) bond motifs is 1. The molecule has 1 heterocycles. The molecule has 0 fully saturated rings. The fourth-order valence-electron chi connectivity index (χ4n) is 2.26. The molecule has 0 unspecified atom stereocenters. The maximum atomic E-state index is 12.2. The first kappa shape index (κ1) is 12.5. The maximum Gasteiger partial charge on any atom is 0.193 e. The molecule has 3 rings (SSSR count). The van der Waals surface area contributed by atoms with Gasteiger partial charge in [-0.1, -0.05) is 30.3 Å². The summed E-state index contributed by atoms with van der Waals surface area (Å²) in [6.45, 7) is 1.91. The Morgan fingerprint density at radius 1 is 1.05 bits per heavy atom. The molecule has 20 heavy (non-hydrogen) atoms. The van der Waals surface area contributed by atoms with Crippen LogP contribution in [0.4, 0.5) is 0 Å². The Hall–Kier alpha value is -2.55. The maximum absolute atomic E-state index is 12.2. The normalized spacial score (nSPS) is 10.7. The van der Waals surface area contributed by atoms with Crippen LogP contribution in [0.5, 0.6) is 5.75 Å². The van der Waals surface area contributed by atoms with Crippen LogP contribution in [0.15, 0.2) is 57.7 Å². The molecule has 2 aromatic carbocycles. The number of aryl methyl sites for hydroxylation is 1. The van der Waals surface area contributed by atoms with E-state index in [0.717, 1.165) is 11.1 Å². The summed E-state index contributed by atoms with van der Waals surface area (Å²) < 4.78 is 11.1. The number of ether oxygens (including phenoxy) is 1. The first-order valence-electron chi connectivity index (χ1n) is 6.37. The van der Waals surface area contributed by atoms with Crippen molar-refractivity contribution >= 4 is 11.0 Å². The second kappa shape index (κ2) is 4.85. The van der Waals surface area contributed by atoms with Gasteiger partial charge >= 0.3 is 0 Å². The van der Waals surface area contributed by atoms with Gasteiger partial charge in [-0.3, -0.25) is 4.79 Å². The van der Waals surface area contributed by atoms with Crippen molar-refractivity contribution in [3.8, 4) is 17.1 Å². The third-order valence-corrected chi connectivity index (χ3v) is 3.30. The standard InChI is InChI=1S/C17H14O3/c1-11-8-13-14(18)9-16(12-6-4-3-5-7-12)20-17(13)10-15(11)19-2/h3-10H,1-2H3. The van der Waals surface area contributed by atoms with Crippen LogP contribution in [0.3, 0.4) is 0 Å². The number of benzene rings is 2. The lowest BCUT2D eigenvalue weighted by atomic mass is 10.1. The minimum Gasteiger partial charge on any atom is -0.496 e. The van der Waals surface area contributed by atoms with Gasteiger partial charge in [0.05, 0.1) is 12.5 Å². The zero-order chi connectivity index (χ0) is 14.1. The van der Waals surface area contributed by atoms with E-state index in [1.165, 1.54) is 6.07 Å². The van der Waals surface area contributed by atoms with Gasteiger partial charge in [0.15, 0.2) is 5.43 Å². The molecule has 100 valence electrons. The van der Waals surface area contributed by atoms with Gasteiger partial charge in [-0.25, -0.2) is 0 Å². The lowest BCUT2D eigenvalue weighted by molar-refractivity contribution is 0.411. The molecular weight excluding hydrogens is 252 g/mol. The van der Waals surface area contributed by atoms with E-state index in [1.54, 1.807) is 19.2 Å². The first-order chi connectivity index (χ1) is 9.69. The van der Waals surface area contributed by atoms with Crippen molar-refractivity contribution in [2.75, 3.05) is 7.11 Å². The van der Waals surface area contributed by atoms with Crippen LogP contribution >= 0.6 is 0 Å². The average molecular weight is 266 g/mol. The largest absolute Gasteiger partial charge is 0.496 e. The highest BCUT2D eigenvalue weighted by Crippen LogP contribution is 2.27. The predicted octanol–water partition coefficient (Wildman–Crippen LogP) is 3.78. The van der Waals surface area contributed by atoms with Crippen molar-refractivity contribution in [2.24, 2.45) is 0 Å². The van der Waals surface area contributed by atoms with Gasteiger partial charge in [0.1, 0.15) is 17.1 Å². The first-order valence-corrected chi connectivity index (χ1v) is 6.37. The highest BCUT2D eigenvalue weighted by Gasteiger charge is 2.09. The molecule has 0 atom stereocenters. The van der Waals surface area contributed by atoms with Crippen LogP contribution in [-0.4, -0.2) is 7.11 Å². The molecule has 0 saturated heterocycles. The quantitative estimate of drug-likeness (QED) is 0.708. The van der Waals surface area contributed by atoms with Crippen molar-refractivity contribution in [3.05, 3.63) is 64.3 Å². The summed E-state index contributed by atoms with van der Waals surface area (Å²) in [6.07, 6.45) is 0. The molecule has 3 aromatic rings. The molecule has 3 heteroatoms. The van der Waals surface area contributed by atoms with Gasteiger partial charge < -0.3 is 9.15 Å². The van der Waals surface area contributed by atoms with Crippen molar-refractivity contribution in [2.45, 2.75) is 6.92 Å². The van der Waals surface area contributed by atoms with E-state index < -0.39 is 0 Å². The average Bonchev–Trinajstić information content (AvgIpc) is 2.48. The molecule has 0 aliphatic rings. The van der Waals surface area contributed by atoms with Gasteiger partial charge in [-0.15, -0.1) is 0 Å². The smallest absolute Gasteiger partial charge is 0.193 e. The summed E-state index contributed by atoms with van der Waals surface area (Å²) in [5.41, 5.74) is 2.29. The van der Waals surface area contributed by atoms with E-state index in [1.807, 2.05) is 37.3 Å². The Kier molecular flexibility index (Phi) is 3.03. The Labute approximate surface area is 116 Å². The topological polar surface area (TPSA) is 39.4 Å². The van der Waals surface area contributed by atoms with E-state index in [0.29, 0.717) is 22.5 Å². The van der Waals surface area contributed by atoms with Crippen LogP contribution in [0.25, 0.3) is 22.3 Å². The van der Waals surface area contributed by atoms with Crippen LogP contribution in [0, 0.1) is 6.92 Å². The molecule has 0 amide bonds. The molecular formula is C17H14O3. The van der Waals surface area contributed by atoms with E-state index in [2.05, 4.69) is 0 Å². The molecule has 0 spiro atoms. The Balaban J connectivity index is 2.28. The SMILES string of the molecule is COc1cc2oc(-c3ccccc3)cc(=O)c2cc1C. The van der Waals surface area contributed by atoms with Crippen LogP contribution in [0.1, 0.15) is 5.56 Å². The third-order valence-electron chi connectivity index (χ3n) is 3.30. The van der Waals surface area contributed by atoms with Crippen LogP contribution < -0.4 is 10.2 Å². The number of hydrogen-bond acceptors (Lipinski definition) is 3. The van der Waals surface area contributed by atoms with Gasteiger partial charge in [0.25, 0.3) is 0 Å². The highest BCUT2D eigenvalue weighted by atomic mass is 16.5. The third kappa shape index (κ3) is 2.07. The molecule has 0 aliphatic heterocycles. The lowest BCUT2D eigenvalue weighted by Crippen LogP contribution is -2.01.